The van der Waals surface area contributed by atoms with E-state index < -0.39 is 10.9 Å². The molecular formula is C14H12N2O5. The summed E-state index contributed by atoms with van der Waals surface area (Å²) in [6.07, 6.45) is 1.41. The molecule has 7 nitrogen and oxygen atoms in total. The van der Waals surface area contributed by atoms with Crippen LogP contribution in [-0.2, 0) is 0 Å². The second-order valence-corrected chi connectivity index (χ2v) is 4.42. The Morgan fingerprint density at radius 1 is 1.33 bits per heavy atom. The van der Waals surface area contributed by atoms with Gasteiger partial charge >= 0.3 is 5.97 Å². The number of carboxylic acid groups (broad SMARTS) is 1. The lowest BCUT2D eigenvalue weighted by molar-refractivity contribution is -0.385. The van der Waals surface area contributed by atoms with Gasteiger partial charge < -0.3 is 9.84 Å². The van der Waals surface area contributed by atoms with Gasteiger partial charge in [-0.25, -0.2) is 9.78 Å². The van der Waals surface area contributed by atoms with Gasteiger partial charge in [0.2, 0.25) is 5.88 Å². The Bertz CT molecular complexity index is 727. The van der Waals surface area contributed by atoms with Crippen LogP contribution in [0.15, 0.2) is 30.5 Å². The van der Waals surface area contributed by atoms with Crippen LogP contribution in [0.4, 0.5) is 5.69 Å². The van der Waals surface area contributed by atoms with Gasteiger partial charge in [0.05, 0.1) is 4.92 Å². The SMILES string of the molecule is Cc1cc([N+](=O)[O-])c(C)cc1Oc1ncccc1C(=O)O. The van der Waals surface area contributed by atoms with Crippen LogP contribution in [0.25, 0.3) is 0 Å². The Labute approximate surface area is 120 Å². The normalized spacial score (nSPS) is 10.2. The van der Waals surface area contributed by atoms with Crippen molar-refractivity contribution < 1.29 is 19.6 Å². The van der Waals surface area contributed by atoms with E-state index in [1.807, 2.05) is 0 Å². The lowest BCUT2D eigenvalue weighted by Gasteiger charge is -2.10. The predicted octanol–water partition coefficient (Wildman–Crippen LogP) is 3.10. The van der Waals surface area contributed by atoms with Crippen molar-refractivity contribution in [3.05, 3.63) is 57.3 Å². The van der Waals surface area contributed by atoms with E-state index in [0.717, 1.165) is 0 Å². The molecule has 0 aliphatic rings. The number of aryl methyl sites for hydroxylation is 2. The summed E-state index contributed by atoms with van der Waals surface area (Å²) in [7, 11) is 0. The van der Waals surface area contributed by atoms with E-state index in [4.69, 9.17) is 9.84 Å². The van der Waals surface area contributed by atoms with E-state index in [1.54, 1.807) is 13.8 Å². The molecule has 0 fully saturated rings. The van der Waals surface area contributed by atoms with Crippen molar-refractivity contribution in [2.45, 2.75) is 13.8 Å². The maximum Gasteiger partial charge on any atom is 0.341 e. The van der Waals surface area contributed by atoms with Gasteiger partial charge in [-0.05, 0) is 37.6 Å². The predicted molar refractivity (Wildman–Crippen MR) is 73.8 cm³/mol. The number of rotatable bonds is 4. The Morgan fingerprint density at radius 3 is 2.67 bits per heavy atom. The van der Waals surface area contributed by atoms with Gasteiger partial charge in [0.25, 0.3) is 5.69 Å². The highest BCUT2D eigenvalue weighted by atomic mass is 16.6. The highest BCUT2D eigenvalue weighted by Gasteiger charge is 2.17. The minimum atomic E-state index is -1.16. The number of benzene rings is 1. The molecule has 0 spiro atoms. The van der Waals surface area contributed by atoms with Crippen LogP contribution < -0.4 is 4.74 Å². The standard InChI is InChI=1S/C14H12N2O5/c1-8-7-12(9(2)6-11(8)16(19)20)21-13-10(14(17)18)4-3-5-15-13/h3-7H,1-2H3,(H,17,18). The van der Waals surface area contributed by atoms with Crippen LogP contribution >= 0.6 is 0 Å². The van der Waals surface area contributed by atoms with E-state index in [9.17, 15) is 14.9 Å². The zero-order chi connectivity index (χ0) is 15.6. The van der Waals surface area contributed by atoms with Crippen LogP contribution in [0.3, 0.4) is 0 Å². The topological polar surface area (TPSA) is 103 Å². The number of carbonyl (C=O) groups is 1. The summed E-state index contributed by atoms with van der Waals surface area (Å²) in [6, 6.07) is 5.74. The van der Waals surface area contributed by atoms with Crippen molar-refractivity contribution in [1.29, 1.82) is 0 Å². The molecule has 108 valence electrons. The number of aromatic nitrogens is 1. The van der Waals surface area contributed by atoms with Crippen LogP contribution in [0, 0.1) is 24.0 Å². The van der Waals surface area contributed by atoms with E-state index in [1.165, 1.54) is 30.5 Å². The maximum absolute atomic E-state index is 11.1. The third-order valence-electron chi connectivity index (χ3n) is 2.90. The molecule has 1 N–H and O–H groups in total. The van der Waals surface area contributed by atoms with Crippen molar-refractivity contribution in [3.63, 3.8) is 0 Å². The van der Waals surface area contributed by atoms with Crippen molar-refractivity contribution in [1.82, 2.24) is 4.98 Å². The number of carboxylic acids is 1. The number of nitro benzene ring substituents is 1. The van der Waals surface area contributed by atoms with Crippen LogP contribution in [0.2, 0.25) is 0 Å². The zero-order valence-electron chi connectivity index (χ0n) is 11.4. The highest BCUT2D eigenvalue weighted by molar-refractivity contribution is 5.90. The monoisotopic (exact) mass is 288 g/mol. The van der Waals surface area contributed by atoms with Gasteiger partial charge in [0, 0.05) is 17.8 Å². The molecule has 1 heterocycles. The van der Waals surface area contributed by atoms with E-state index in [-0.39, 0.29) is 17.1 Å². The van der Waals surface area contributed by atoms with Crippen molar-refractivity contribution >= 4 is 11.7 Å². The quantitative estimate of drug-likeness (QED) is 0.685. The summed E-state index contributed by atoms with van der Waals surface area (Å²) < 4.78 is 5.50. The van der Waals surface area contributed by atoms with Crippen molar-refractivity contribution in [2.75, 3.05) is 0 Å². The van der Waals surface area contributed by atoms with Crippen LogP contribution in [0.1, 0.15) is 21.5 Å². The van der Waals surface area contributed by atoms with Gasteiger partial charge in [0.15, 0.2) is 0 Å². The Kier molecular flexibility index (Phi) is 3.84. The first kappa shape index (κ1) is 14.4. The molecule has 0 atom stereocenters. The minimum Gasteiger partial charge on any atom is -0.477 e. The molecule has 1 aromatic heterocycles. The average molecular weight is 288 g/mol. The fraction of sp³-hybridized carbons (Fsp3) is 0.143. The summed E-state index contributed by atoms with van der Waals surface area (Å²) in [5.41, 5.74) is 0.856. The van der Waals surface area contributed by atoms with Gasteiger partial charge in [-0.15, -0.1) is 0 Å². The first-order valence-corrected chi connectivity index (χ1v) is 6.02. The molecule has 2 rings (SSSR count). The molecule has 21 heavy (non-hydrogen) atoms. The van der Waals surface area contributed by atoms with Gasteiger partial charge in [-0.3, -0.25) is 10.1 Å². The minimum absolute atomic E-state index is 0.0145. The lowest BCUT2D eigenvalue weighted by atomic mass is 10.1. The molecular weight excluding hydrogens is 276 g/mol. The molecule has 0 saturated heterocycles. The van der Waals surface area contributed by atoms with E-state index >= 15 is 0 Å². The molecule has 0 bridgehead atoms. The average Bonchev–Trinajstić information content (AvgIpc) is 2.42. The molecule has 0 aliphatic heterocycles. The molecule has 7 heteroatoms. The van der Waals surface area contributed by atoms with Crippen LogP contribution in [0.5, 0.6) is 11.6 Å². The van der Waals surface area contributed by atoms with Gasteiger partial charge in [-0.2, -0.15) is 0 Å². The Morgan fingerprint density at radius 2 is 2.05 bits per heavy atom. The van der Waals surface area contributed by atoms with E-state index in [0.29, 0.717) is 16.9 Å². The number of hydrogen-bond donors (Lipinski definition) is 1. The first-order valence-electron chi connectivity index (χ1n) is 6.02. The molecule has 0 amide bonds. The number of pyridine rings is 1. The highest BCUT2D eigenvalue weighted by Crippen LogP contribution is 2.31. The molecule has 2 aromatic rings. The fourth-order valence-corrected chi connectivity index (χ4v) is 1.82. The molecule has 0 radical (unpaired) electrons. The van der Waals surface area contributed by atoms with Gasteiger partial charge in [0.1, 0.15) is 11.3 Å². The summed E-state index contributed by atoms with van der Waals surface area (Å²) >= 11 is 0. The summed E-state index contributed by atoms with van der Waals surface area (Å²) in [4.78, 5) is 25.4. The second kappa shape index (κ2) is 5.58. The number of aromatic carboxylic acids is 1. The summed E-state index contributed by atoms with van der Waals surface area (Å²) in [5, 5.41) is 19.9. The first-order chi connectivity index (χ1) is 9.90. The molecule has 0 unspecified atom stereocenters. The number of nitro groups is 1. The molecule has 0 saturated carbocycles. The van der Waals surface area contributed by atoms with Crippen LogP contribution in [-0.4, -0.2) is 21.0 Å². The smallest absolute Gasteiger partial charge is 0.341 e. The largest absolute Gasteiger partial charge is 0.477 e. The fourth-order valence-electron chi connectivity index (χ4n) is 1.82. The maximum atomic E-state index is 11.1. The Balaban J connectivity index is 2.44. The summed E-state index contributed by atoms with van der Waals surface area (Å²) in [6.45, 7) is 3.23. The Hall–Kier alpha value is -2.96. The third kappa shape index (κ3) is 2.97. The van der Waals surface area contributed by atoms with Gasteiger partial charge in [-0.1, -0.05) is 0 Å². The number of hydrogen-bond acceptors (Lipinski definition) is 5. The lowest BCUT2D eigenvalue weighted by Crippen LogP contribution is -2.02. The van der Waals surface area contributed by atoms with Crippen molar-refractivity contribution in [3.8, 4) is 11.6 Å². The second-order valence-electron chi connectivity index (χ2n) is 4.42. The molecule has 1 aromatic carbocycles. The van der Waals surface area contributed by atoms with E-state index in [2.05, 4.69) is 4.98 Å². The van der Waals surface area contributed by atoms with Crippen molar-refractivity contribution in [2.24, 2.45) is 0 Å². The number of ether oxygens (including phenoxy) is 1. The number of nitrogens with zero attached hydrogens (tertiary/aromatic N) is 2. The summed E-state index contributed by atoms with van der Waals surface area (Å²) in [5.74, 6) is -0.880. The third-order valence-corrected chi connectivity index (χ3v) is 2.90. The molecule has 0 aliphatic carbocycles. The zero-order valence-corrected chi connectivity index (χ0v) is 11.4.